The molecule has 5 heteroatoms. The van der Waals surface area contributed by atoms with Crippen molar-refractivity contribution in [2.24, 2.45) is 5.92 Å². The molecular weight excluding hydrogens is 266 g/mol. The Morgan fingerprint density at radius 2 is 2.19 bits per heavy atom. The maximum absolute atomic E-state index is 11.4. The van der Waals surface area contributed by atoms with Crippen LogP contribution in [0.1, 0.15) is 38.2 Å². The first-order valence-corrected chi connectivity index (χ1v) is 7.71. The number of carbonyl (C=O) groups excluding carboxylic acids is 1. The number of rotatable bonds is 7. The van der Waals surface area contributed by atoms with Crippen molar-refractivity contribution in [3.05, 3.63) is 17.7 Å². The smallest absolute Gasteiger partial charge is 0.224 e. The lowest BCUT2D eigenvalue weighted by Crippen LogP contribution is -2.20. The molecule has 116 valence electrons. The van der Waals surface area contributed by atoms with Crippen molar-refractivity contribution >= 4 is 23.0 Å². The van der Waals surface area contributed by atoms with Crippen molar-refractivity contribution in [2.75, 3.05) is 29.5 Å². The molecule has 0 bridgehead atoms. The highest BCUT2D eigenvalue weighted by Gasteiger charge is 2.17. The van der Waals surface area contributed by atoms with Gasteiger partial charge in [-0.15, -0.1) is 0 Å². The van der Waals surface area contributed by atoms with Gasteiger partial charge < -0.3 is 21.5 Å². The number of hydrogen-bond donors (Lipinski definition) is 4. The van der Waals surface area contributed by atoms with Crippen LogP contribution in [0.15, 0.2) is 12.1 Å². The molecule has 0 aromatic heterocycles. The van der Waals surface area contributed by atoms with Crippen LogP contribution in [-0.2, 0) is 11.2 Å². The maximum Gasteiger partial charge on any atom is 0.224 e. The Balaban J connectivity index is 2.04. The number of amides is 1. The van der Waals surface area contributed by atoms with Gasteiger partial charge in [-0.3, -0.25) is 4.79 Å². The molecule has 1 atom stereocenters. The number of fused-ring (bicyclic) bond motifs is 1. The van der Waals surface area contributed by atoms with Crippen LogP contribution in [0.5, 0.6) is 0 Å². The number of aliphatic hydroxyl groups is 1. The van der Waals surface area contributed by atoms with Crippen LogP contribution in [0.25, 0.3) is 0 Å². The van der Waals surface area contributed by atoms with Crippen LogP contribution in [0.4, 0.5) is 17.1 Å². The van der Waals surface area contributed by atoms with Gasteiger partial charge in [0.15, 0.2) is 0 Å². The quantitative estimate of drug-likeness (QED) is 0.581. The van der Waals surface area contributed by atoms with E-state index in [1.54, 1.807) is 0 Å². The summed E-state index contributed by atoms with van der Waals surface area (Å²) in [5.41, 5.74) is 9.58. The molecule has 1 amide bonds. The van der Waals surface area contributed by atoms with Crippen LogP contribution >= 0.6 is 0 Å². The monoisotopic (exact) mass is 291 g/mol. The fourth-order valence-electron chi connectivity index (χ4n) is 2.79. The van der Waals surface area contributed by atoms with E-state index in [2.05, 4.69) is 17.6 Å². The standard InChI is InChI=1S/C16H25N3O2/c1-2-3-11(6-7-20)10-18-15-8-12-4-5-16(21)19-14(12)9-13(15)17/h8-9,11,18,20H,2-7,10,17H2,1H3,(H,19,21). The fourth-order valence-corrected chi connectivity index (χ4v) is 2.79. The SMILES string of the molecule is CCCC(CCO)CNc1cc2c(cc1N)NC(=O)CC2. The summed E-state index contributed by atoms with van der Waals surface area (Å²) in [6, 6.07) is 3.86. The molecule has 1 heterocycles. The highest BCUT2D eigenvalue weighted by Crippen LogP contribution is 2.31. The Hall–Kier alpha value is -1.75. The van der Waals surface area contributed by atoms with E-state index in [9.17, 15) is 4.79 Å². The van der Waals surface area contributed by atoms with E-state index < -0.39 is 0 Å². The normalized spacial score (nSPS) is 15.2. The van der Waals surface area contributed by atoms with Crippen LogP contribution in [0, 0.1) is 5.92 Å². The van der Waals surface area contributed by atoms with E-state index in [1.165, 1.54) is 0 Å². The number of nitrogens with one attached hydrogen (secondary N) is 2. The third-order valence-corrected chi connectivity index (χ3v) is 3.99. The van der Waals surface area contributed by atoms with Gasteiger partial charge in [-0.25, -0.2) is 0 Å². The molecule has 1 aliphatic rings. The van der Waals surface area contributed by atoms with Gasteiger partial charge in [0.05, 0.1) is 11.4 Å². The molecular formula is C16H25N3O2. The summed E-state index contributed by atoms with van der Waals surface area (Å²) in [5, 5.41) is 15.4. The van der Waals surface area contributed by atoms with Crippen LogP contribution < -0.4 is 16.4 Å². The lowest BCUT2D eigenvalue weighted by Gasteiger charge is -2.21. The van der Waals surface area contributed by atoms with Crippen molar-refractivity contribution < 1.29 is 9.90 Å². The number of aliphatic hydroxyl groups excluding tert-OH is 1. The summed E-state index contributed by atoms with van der Waals surface area (Å²) in [6.45, 7) is 3.18. The van der Waals surface area contributed by atoms with Crippen LogP contribution in [-0.4, -0.2) is 24.2 Å². The second kappa shape index (κ2) is 7.31. The molecule has 21 heavy (non-hydrogen) atoms. The van der Waals surface area contributed by atoms with Gasteiger partial charge >= 0.3 is 0 Å². The molecule has 5 N–H and O–H groups in total. The number of nitrogen functional groups attached to an aromatic ring is 1. The van der Waals surface area contributed by atoms with Crippen molar-refractivity contribution in [1.29, 1.82) is 0 Å². The van der Waals surface area contributed by atoms with E-state index >= 15 is 0 Å². The van der Waals surface area contributed by atoms with Crippen molar-refractivity contribution in [3.8, 4) is 0 Å². The Labute approximate surface area is 125 Å². The largest absolute Gasteiger partial charge is 0.397 e. The predicted octanol–water partition coefficient (Wildman–Crippen LogP) is 2.36. The number of carbonyl (C=O) groups is 1. The lowest BCUT2D eigenvalue weighted by molar-refractivity contribution is -0.116. The molecule has 2 rings (SSSR count). The molecule has 0 saturated heterocycles. The van der Waals surface area contributed by atoms with E-state index in [0.29, 0.717) is 18.0 Å². The zero-order valence-electron chi connectivity index (χ0n) is 12.6. The third-order valence-electron chi connectivity index (χ3n) is 3.99. The molecule has 5 nitrogen and oxygen atoms in total. The summed E-state index contributed by atoms with van der Waals surface area (Å²) in [5.74, 6) is 0.503. The molecule has 1 unspecified atom stereocenters. The molecule has 1 aromatic carbocycles. The van der Waals surface area contributed by atoms with Crippen molar-refractivity contribution in [2.45, 2.75) is 39.0 Å². The van der Waals surface area contributed by atoms with Gasteiger partial charge in [-0.2, -0.15) is 0 Å². The van der Waals surface area contributed by atoms with Crippen molar-refractivity contribution in [3.63, 3.8) is 0 Å². The minimum Gasteiger partial charge on any atom is -0.397 e. The highest BCUT2D eigenvalue weighted by molar-refractivity contribution is 5.95. The topological polar surface area (TPSA) is 87.4 Å². The zero-order valence-corrected chi connectivity index (χ0v) is 12.6. The molecule has 0 spiro atoms. The molecule has 0 radical (unpaired) electrons. The first kappa shape index (κ1) is 15.6. The Morgan fingerprint density at radius 3 is 2.90 bits per heavy atom. The predicted molar refractivity (Wildman–Crippen MR) is 86.4 cm³/mol. The molecule has 1 aliphatic heterocycles. The number of hydrogen-bond acceptors (Lipinski definition) is 4. The second-order valence-electron chi connectivity index (χ2n) is 5.69. The zero-order chi connectivity index (χ0) is 15.2. The lowest BCUT2D eigenvalue weighted by atomic mass is 9.99. The first-order valence-electron chi connectivity index (χ1n) is 7.71. The van der Waals surface area contributed by atoms with E-state index in [4.69, 9.17) is 10.8 Å². The van der Waals surface area contributed by atoms with Crippen molar-refractivity contribution in [1.82, 2.24) is 0 Å². The molecule has 1 aromatic rings. The first-order chi connectivity index (χ1) is 10.1. The minimum atomic E-state index is 0.0496. The third kappa shape index (κ3) is 4.11. The highest BCUT2D eigenvalue weighted by atomic mass is 16.3. The van der Waals surface area contributed by atoms with Gasteiger partial charge in [0.2, 0.25) is 5.91 Å². The number of anilines is 3. The molecule has 0 aliphatic carbocycles. The molecule has 0 saturated carbocycles. The number of benzene rings is 1. The van der Waals surface area contributed by atoms with Gasteiger partial charge in [0.25, 0.3) is 0 Å². The van der Waals surface area contributed by atoms with Gasteiger partial charge in [-0.1, -0.05) is 13.3 Å². The van der Waals surface area contributed by atoms with E-state index in [0.717, 1.165) is 49.2 Å². The number of aryl methyl sites for hydroxylation is 1. The molecule has 0 fully saturated rings. The van der Waals surface area contributed by atoms with Gasteiger partial charge in [-0.05, 0) is 42.9 Å². The van der Waals surface area contributed by atoms with Crippen LogP contribution in [0.3, 0.4) is 0 Å². The van der Waals surface area contributed by atoms with Gasteiger partial charge in [0, 0.05) is 25.3 Å². The Kier molecular flexibility index (Phi) is 5.44. The summed E-state index contributed by atoms with van der Waals surface area (Å²) in [4.78, 5) is 11.4. The van der Waals surface area contributed by atoms with E-state index in [1.807, 2.05) is 12.1 Å². The number of nitrogens with two attached hydrogens (primary N) is 1. The minimum absolute atomic E-state index is 0.0496. The Bertz CT molecular complexity index is 497. The van der Waals surface area contributed by atoms with Crippen LogP contribution in [0.2, 0.25) is 0 Å². The fraction of sp³-hybridized carbons (Fsp3) is 0.562. The summed E-state index contributed by atoms with van der Waals surface area (Å²) in [6.07, 6.45) is 4.29. The summed E-state index contributed by atoms with van der Waals surface area (Å²) >= 11 is 0. The second-order valence-corrected chi connectivity index (χ2v) is 5.69. The summed E-state index contributed by atoms with van der Waals surface area (Å²) in [7, 11) is 0. The summed E-state index contributed by atoms with van der Waals surface area (Å²) < 4.78 is 0. The van der Waals surface area contributed by atoms with E-state index in [-0.39, 0.29) is 12.5 Å². The van der Waals surface area contributed by atoms with Gasteiger partial charge in [0.1, 0.15) is 0 Å². The maximum atomic E-state index is 11.4. The average Bonchev–Trinajstić information content (AvgIpc) is 2.45. The average molecular weight is 291 g/mol. The Morgan fingerprint density at radius 1 is 1.38 bits per heavy atom.